The maximum absolute atomic E-state index is 13.9. The fourth-order valence-electron chi connectivity index (χ4n) is 3.19. The molecule has 1 heterocycles. The van der Waals surface area contributed by atoms with Crippen molar-refractivity contribution >= 4 is 27.5 Å². The molecular formula is C19H12F7NO3. The van der Waals surface area contributed by atoms with Crippen molar-refractivity contribution in [1.82, 2.24) is 4.57 Å². The van der Waals surface area contributed by atoms with Crippen molar-refractivity contribution in [2.24, 2.45) is 0 Å². The predicted octanol–water partition coefficient (Wildman–Crippen LogP) is 4.90. The fourth-order valence-corrected chi connectivity index (χ4v) is 3.19. The number of nitrogens with zero attached hydrogens (tertiary/aromatic N) is 1. The monoisotopic (exact) mass is 435 g/mol. The number of ketones is 1. The van der Waals surface area contributed by atoms with Crippen LogP contribution in [0.3, 0.4) is 0 Å². The smallest absolute Gasteiger partial charge is 0.460 e. The van der Waals surface area contributed by atoms with Gasteiger partial charge in [-0.25, -0.2) is 0 Å². The number of benzene rings is 2. The number of rotatable bonds is 4. The number of aryl methyl sites for hydroxylation is 1. The van der Waals surface area contributed by atoms with Crippen molar-refractivity contribution < 1.29 is 40.6 Å². The average molecular weight is 435 g/mol. The summed E-state index contributed by atoms with van der Waals surface area (Å²) in [5, 5.41) is 10.9. The Hall–Kier alpha value is -3.11. The Morgan fingerprint density at radius 3 is 2.13 bits per heavy atom. The van der Waals surface area contributed by atoms with Crippen molar-refractivity contribution in [3.8, 4) is 5.75 Å². The minimum absolute atomic E-state index is 0.0144. The molecule has 3 rings (SSSR count). The Labute approximate surface area is 163 Å². The van der Waals surface area contributed by atoms with E-state index in [1.54, 1.807) is 18.2 Å². The van der Waals surface area contributed by atoms with Gasteiger partial charge in [0, 0.05) is 17.3 Å². The number of aromatic hydroxyl groups is 1. The summed E-state index contributed by atoms with van der Waals surface area (Å²) in [6.45, 7) is 1.13. The van der Waals surface area contributed by atoms with E-state index < -0.39 is 40.7 Å². The number of hydrogen-bond acceptors (Lipinski definition) is 3. The summed E-state index contributed by atoms with van der Waals surface area (Å²) >= 11 is 0. The van der Waals surface area contributed by atoms with Crippen LogP contribution in [0.2, 0.25) is 0 Å². The van der Waals surface area contributed by atoms with Crippen LogP contribution in [0, 0.1) is 0 Å². The number of pyridine rings is 1. The summed E-state index contributed by atoms with van der Waals surface area (Å²) in [6, 6.07) is 8.93. The molecule has 0 atom stereocenters. The second-order valence-electron chi connectivity index (χ2n) is 6.43. The second kappa shape index (κ2) is 6.71. The van der Waals surface area contributed by atoms with E-state index in [0.717, 1.165) is 10.6 Å². The van der Waals surface area contributed by atoms with Gasteiger partial charge in [0.25, 0.3) is 5.56 Å². The molecule has 11 heteroatoms. The Morgan fingerprint density at radius 2 is 1.57 bits per heavy atom. The Kier molecular flexibility index (Phi) is 4.83. The molecule has 3 aromatic rings. The molecule has 4 nitrogen and oxygen atoms in total. The standard InChI is InChI=1S/C19H12F7NO3/c1-2-27-13-10-6-4-3-5-9(10)7-8-11(13)14(28)12(16(27)30)15(29)17(20,21)18(22,23)19(24,25)26/h3-8,28H,2H2,1H3. The van der Waals surface area contributed by atoms with Crippen LogP contribution < -0.4 is 5.56 Å². The Balaban J connectivity index is 2.40. The number of carbonyl (C=O) groups excluding carboxylic acids is 1. The molecule has 0 unspecified atom stereocenters. The summed E-state index contributed by atoms with van der Waals surface area (Å²) in [5.41, 5.74) is -3.43. The average Bonchev–Trinajstić information content (AvgIpc) is 2.67. The number of aromatic nitrogens is 1. The number of alkyl halides is 7. The van der Waals surface area contributed by atoms with Crippen LogP contribution in [0.15, 0.2) is 41.2 Å². The molecule has 1 N–H and O–H groups in total. The van der Waals surface area contributed by atoms with Gasteiger partial charge in [-0.05, 0) is 18.4 Å². The topological polar surface area (TPSA) is 59.3 Å². The van der Waals surface area contributed by atoms with Gasteiger partial charge in [-0.3, -0.25) is 9.59 Å². The highest BCUT2D eigenvalue weighted by atomic mass is 19.4. The largest absolute Gasteiger partial charge is 0.506 e. The van der Waals surface area contributed by atoms with Gasteiger partial charge >= 0.3 is 18.0 Å². The lowest BCUT2D eigenvalue weighted by Crippen LogP contribution is -2.57. The SMILES string of the molecule is CCn1c(=O)c(C(=O)C(F)(F)C(F)(F)C(F)(F)F)c(O)c2ccc3ccccc3c21. The van der Waals surface area contributed by atoms with Crippen LogP contribution in [0.5, 0.6) is 5.75 Å². The molecule has 0 saturated carbocycles. The molecule has 0 saturated heterocycles. The van der Waals surface area contributed by atoms with Gasteiger partial charge in [0.15, 0.2) is 0 Å². The third-order valence-electron chi connectivity index (χ3n) is 4.70. The summed E-state index contributed by atoms with van der Waals surface area (Å²) < 4.78 is 92.7. The van der Waals surface area contributed by atoms with E-state index in [9.17, 15) is 45.4 Å². The van der Waals surface area contributed by atoms with E-state index in [4.69, 9.17) is 0 Å². The quantitative estimate of drug-likeness (QED) is 0.361. The predicted molar refractivity (Wildman–Crippen MR) is 93.3 cm³/mol. The van der Waals surface area contributed by atoms with Gasteiger partial charge in [0.05, 0.1) is 5.52 Å². The highest BCUT2D eigenvalue weighted by Gasteiger charge is 2.76. The van der Waals surface area contributed by atoms with E-state index in [1.165, 1.54) is 19.1 Å². The fraction of sp³-hybridized carbons (Fsp3) is 0.263. The molecule has 0 radical (unpaired) electrons. The van der Waals surface area contributed by atoms with Crippen molar-refractivity contribution in [3.05, 3.63) is 52.3 Å². The van der Waals surface area contributed by atoms with Gasteiger partial charge in [-0.1, -0.05) is 30.3 Å². The van der Waals surface area contributed by atoms with Crippen LogP contribution in [0.1, 0.15) is 17.3 Å². The number of hydrogen-bond donors (Lipinski definition) is 1. The van der Waals surface area contributed by atoms with Crippen molar-refractivity contribution in [1.29, 1.82) is 0 Å². The molecule has 160 valence electrons. The molecule has 2 aromatic carbocycles. The van der Waals surface area contributed by atoms with E-state index >= 15 is 0 Å². The van der Waals surface area contributed by atoms with Crippen LogP contribution in [0.25, 0.3) is 21.7 Å². The highest BCUT2D eigenvalue weighted by Crippen LogP contribution is 2.48. The third kappa shape index (κ3) is 2.83. The first kappa shape index (κ1) is 21.6. The van der Waals surface area contributed by atoms with Gasteiger partial charge in [0.2, 0.25) is 5.78 Å². The van der Waals surface area contributed by atoms with Gasteiger partial charge < -0.3 is 9.67 Å². The van der Waals surface area contributed by atoms with Crippen LogP contribution in [-0.4, -0.2) is 33.5 Å². The first-order valence-corrected chi connectivity index (χ1v) is 8.41. The van der Waals surface area contributed by atoms with E-state index in [1.807, 2.05) is 0 Å². The number of fused-ring (bicyclic) bond motifs is 3. The first-order chi connectivity index (χ1) is 13.8. The van der Waals surface area contributed by atoms with Crippen molar-refractivity contribution in [2.75, 3.05) is 0 Å². The summed E-state index contributed by atoms with van der Waals surface area (Å²) in [4.78, 5) is 24.7. The zero-order valence-corrected chi connectivity index (χ0v) is 15.0. The van der Waals surface area contributed by atoms with E-state index in [2.05, 4.69) is 0 Å². The first-order valence-electron chi connectivity index (χ1n) is 8.41. The summed E-state index contributed by atoms with van der Waals surface area (Å²) in [6.07, 6.45) is -6.77. The summed E-state index contributed by atoms with van der Waals surface area (Å²) in [7, 11) is 0. The Morgan fingerprint density at radius 1 is 0.967 bits per heavy atom. The zero-order chi connectivity index (χ0) is 22.6. The Bertz CT molecular complexity index is 1230. The van der Waals surface area contributed by atoms with Crippen LogP contribution in [0.4, 0.5) is 30.7 Å². The minimum atomic E-state index is -6.77. The van der Waals surface area contributed by atoms with E-state index in [0.29, 0.717) is 10.8 Å². The zero-order valence-electron chi connectivity index (χ0n) is 15.0. The molecule has 0 amide bonds. The van der Waals surface area contributed by atoms with Crippen LogP contribution in [-0.2, 0) is 6.54 Å². The molecule has 0 aliphatic heterocycles. The molecule has 0 aliphatic rings. The third-order valence-corrected chi connectivity index (χ3v) is 4.70. The lowest BCUT2D eigenvalue weighted by atomic mass is 9.97. The van der Waals surface area contributed by atoms with Crippen molar-refractivity contribution in [3.63, 3.8) is 0 Å². The highest BCUT2D eigenvalue weighted by molar-refractivity contribution is 6.12. The molecule has 0 bridgehead atoms. The molecular weight excluding hydrogens is 423 g/mol. The van der Waals surface area contributed by atoms with Crippen LogP contribution >= 0.6 is 0 Å². The van der Waals surface area contributed by atoms with Gasteiger partial charge in [-0.2, -0.15) is 30.7 Å². The van der Waals surface area contributed by atoms with Gasteiger partial charge in [0.1, 0.15) is 11.3 Å². The minimum Gasteiger partial charge on any atom is -0.506 e. The van der Waals surface area contributed by atoms with Crippen molar-refractivity contribution in [2.45, 2.75) is 31.5 Å². The van der Waals surface area contributed by atoms with E-state index in [-0.39, 0.29) is 17.4 Å². The molecule has 0 fully saturated rings. The maximum Gasteiger partial charge on any atom is 0.460 e. The number of Topliss-reactive ketones (excluding diaryl/α,β-unsaturated/α-hetero) is 1. The molecule has 1 aromatic heterocycles. The molecule has 30 heavy (non-hydrogen) atoms. The second-order valence-corrected chi connectivity index (χ2v) is 6.43. The lowest BCUT2D eigenvalue weighted by Gasteiger charge is -2.27. The molecule has 0 aliphatic carbocycles. The van der Waals surface area contributed by atoms with Gasteiger partial charge in [-0.15, -0.1) is 0 Å². The number of halogens is 7. The number of carbonyl (C=O) groups is 1. The molecule has 0 spiro atoms. The summed E-state index contributed by atoms with van der Waals surface area (Å²) in [5.74, 6) is -17.6. The lowest BCUT2D eigenvalue weighted by molar-refractivity contribution is -0.339. The maximum atomic E-state index is 13.9. The normalized spacial score (nSPS) is 13.2.